The molecule has 1 aromatic rings. The third-order valence-electron chi connectivity index (χ3n) is 1.62. The highest BCUT2D eigenvalue weighted by atomic mass is 32.1. The van der Waals surface area contributed by atoms with Gasteiger partial charge in [-0.15, -0.1) is 11.3 Å². The zero-order valence-electron chi connectivity index (χ0n) is 6.23. The summed E-state index contributed by atoms with van der Waals surface area (Å²) >= 11 is 1.61. The maximum Gasteiger partial charge on any atom is 0.218 e. The van der Waals surface area contributed by atoms with Gasteiger partial charge < -0.3 is 4.84 Å². The predicted octanol–water partition coefficient (Wildman–Crippen LogP) is 1.76. The molecule has 1 atom stereocenters. The summed E-state index contributed by atoms with van der Waals surface area (Å²) in [6, 6.07) is 5.96. The Morgan fingerprint density at radius 3 is 3.25 bits per heavy atom. The van der Waals surface area contributed by atoms with Crippen molar-refractivity contribution in [2.45, 2.75) is 12.5 Å². The summed E-state index contributed by atoms with van der Waals surface area (Å²) < 4.78 is 0. The summed E-state index contributed by atoms with van der Waals surface area (Å²) in [6.45, 7) is 0. The first-order valence-electron chi connectivity index (χ1n) is 3.56. The molecular weight excluding hydrogens is 172 g/mol. The first-order valence-corrected chi connectivity index (χ1v) is 4.44. The van der Waals surface area contributed by atoms with Gasteiger partial charge in [-0.25, -0.2) is 0 Å². The second kappa shape index (κ2) is 2.95. The van der Waals surface area contributed by atoms with Gasteiger partial charge in [0.05, 0.1) is 4.88 Å². The highest BCUT2D eigenvalue weighted by Crippen LogP contribution is 2.19. The molecule has 4 heteroatoms. The molecule has 0 spiro atoms. The van der Waals surface area contributed by atoms with Crippen LogP contribution in [0.4, 0.5) is 0 Å². The fourth-order valence-corrected chi connectivity index (χ4v) is 1.75. The fraction of sp³-hybridized carbons (Fsp3) is 0.250. The maximum atomic E-state index is 8.54. The molecule has 0 bridgehead atoms. The number of thiophene rings is 1. The van der Waals surface area contributed by atoms with Crippen LogP contribution in [0.2, 0.25) is 0 Å². The van der Waals surface area contributed by atoms with Crippen LogP contribution in [0.5, 0.6) is 0 Å². The van der Waals surface area contributed by atoms with Crippen molar-refractivity contribution in [1.82, 2.24) is 0 Å². The lowest BCUT2D eigenvalue weighted by Crippen LogP contribution is -2.03. The molecule has 0 aliphatic carbocycles. The Balaban J connectivity index is 2.15. The van der Waals surface area contributed by atoms with Crippen LogP contribution >= 0.6 is 11.3 Å². The molecule has 1 aliphatic heterocycles. The number of rotatable bonds is 1. The Kier molecular flexibility index (Phi) is 1.80. The largest absolute Gasteiger partial charge is 0.376 e. The Labute approximate surface area is 73.9 Å². The normalized spacial score (nSPS) is 21.2. The Morgan fingerprint density at radius 2 is 2.67 bits per heavy atom. The number of oxime groups is 1. The summed E-state index contributed by atoms with van der Waals surface area (Å²) in [6.07, 6.45) is 0.221. The standard InChI is InChI=1S/C8H6N2OS/c9-5-6-4-7(10-11-6)8-2-1-3-12-8/h1-3,6H,4H2/t6-/m1/s1. The van der Waals surface area contributed by atoms with Gasteiger partial charge in [-0.1, -0.05) is 11.2 Å². The second-order valence-corrected chi connectivity index (χ2v) is 3.39. The lowest BCUT2D eigenvalue weighted by molar-refractivity contribution is 0.125. The van der Waals surface area contributed by atoms with Gasteiger partial charge >= 0.3 is 0 Å². The second-order valence-electron chi connectivity index (χ2n) is 2.44. The van der Waals surface area contributed by atoms with E-state index in [1.807, 2.05) is 23.6 Å². The van der Waals surface area contributed by atoms with Crippen LogP contribution in [0.15, 0.2) is 22.7 Å². The third kappa shape index (κ3) is 1.19. The topological polar surface area (TPSA) is 45.4 Å². The van der Waals surface area contributed by atoms with Crippen LogP contribution in [0.3, 0.4) is 0 Å². The minimum absolute atomic E-state index is 0.387. The molecule has 2 heterocycles. The van der Waals surface area contributed by atoms with Crippen molar-refractivity contribution in [2.75, 3.05) is 0 Å². The van der Waals surface area contributed by atoms with E-state index >= 15 is 0 Å². The third-order valence-corrected chi connectivity index (χ3v) is 2.54. The van der Waals surface area contributed by atoms with Gasteiger partial charge in [0, 0.05) is 6.42 Å². The molecule has 0 amide bonds. The zero-order chi connectivity index (χ0) is 8.39. The smallest absolute Gasteiger partial charge is 0.218 e. The number of hydrogen-bond acceptors (Lipinski definition) is 4. The zero-order valence-corrected chi connectivity index (χ0v) is 7.04. The van der Waals surface area contributed by atoms with Gasteiger partial charge in [0.25, 0.3) is 0 Å². The molecule has 0 saturated heterocycles. The summed E-state index contributed by atoms with van der Waals surface area (Å²) in [7, 11) is 0. The number of hydrogen-bond donors (Lipinski definition) is 0. The van der Waals surface area contributed by atoms with Gasteiger partial charge in [-0.05, 0) is 11.4 Å². The predicted molar refractivity (Wildman–Crippen MR) is 46.0 cm³/mol. The average molecular weight is 178 g/mol. The molecule has 3 nitrogen and oxygen atoms in total. The molecule has 1 aliphatic rings. The first kappa shape index (κ1) is 7.32. The Bertz CT molecular complexity index is 336. The van der Waals surface area contributed by atoms with Crippen LogP contribution in [-0.2, 0) is 4.84 Å². The maximum absolute atomic E-state index is 8.54. The molecule has 0 radical (unpaired) electrons. The quantitative estimate of drug-likeness (QED) is 0.657. The van der Waals surface area contributed by atoms with Crippen LogP contribution < -0.4 is 0 Å². The van der Waals surface area contributed by atoms with Gasteiger partial charge in [0.15, 0.2) is 0 Å². The highest BCUT2D eigenvalue weighted by Gasteiger charge is 2.21. The van der Waals surface area contributed by atoms with Crippen molar-refractivity contribution in [1.29, 1.82) is 5.26 Å². The lowest BCUT2D eigenvalue weighted by Gasteiger charge is -1.92. The number of nitrogens with zero attached hydrogens (tertiary/aromatic N) is 2. The monoisotopic (exact) mass is 178 g/mol. The van der Waals surface area contributed by atoms with Gasteiger partial charge in [0.2, 0.25) is 6.10 Å². The lowest BCUT2D eigenvalue weighted by atomic mass is 10.2. The van der Waals surface area contributed by atoms with Crippen molar-refractivity contribution >= 4 is 17.0 Å². The van der Waals surface area contributed by atoms with Gasteiger partial charge in [-0.2, -0.15) is 5.26 Å². The van der Waals surface area contributed by atoms with E-state index in [9.17, 15) is 0 Å². The average Bonchev–Trinajstić information content (AvgIpc) is 2.75. The molecule has 1 aromatic heterocycles. The van der Waals surface area contributed by atoms with Crippen LogP contribution in [0.1, 0.15) is 11.3 Å². The van der Waals surface area contributed by atoms with E-state index in [1.54, 1.807) is 11.3 Å². The molecule has 0 unspecified atom stereocenters. The highest BCUT2D eigenvalue weighted by molar-refractivity contribution is 7.12. The summed E-state index contributed by atoms with van der Waals surface area (Å²) in [5.41, 5.74) is 0.886. The van der Waals surface area contributed by atoms with E-state index < -0.39 is 0 Å². The molecule has 2 rings (SSSR count). The number of nitriles is 1. The Hall–Kier alpha value is -1.34. The molecule has 0 saturated carbocycles. The minimum atomic E-state index is -0.387. The van der Waals surface area contributed by atoms with Gasteiger partial charge in [-0.3, -0.25) is 0 Å². The van der Waals surface area contributed by atoms with Crippen LogP contribution in [0.25, 0.3) is 0 Å². The molecule has 0 N–H and O–H groups in total. The van der Waals surface area contributed by atoms with E-state index in [2.05, 4.69) is 5.16 Å². The molecule has 0 fully saturated rings. The van der Waals surface area contributed by atoms with E-state index in [1.165, 1.54) is 0 Å². The van der Waals surface area contributed by atoms with E-state index in [4.69, 9.17) is 10.1 Å². The summed E-state index contributed by atoms with van der Waals surface area (Å²) in [4.78, 5) is 5.96. The molecular formula is C8H6N2OS. The molecule has 12 heavy (non-hydrogen) atoms. The van der Waals surface area contributed by atoms with Crippen molar-refractivity contribution in [3.05, 3.63) is 22.4 Å². The fourth-order valence-electron chi connectivity index (χ4n) is 1.03. The summed E-state index contributed by atoms with van der Waals surface area (Å²) in [5.74, 6) is 0. The summed E-state index contributed by atoms with van der Waals surface area (Å²) in [5, 5.41) is 14.4. The SMILES string of the molecule is N#C[C@H]1CC(c2cccs2)=NO1. The minimum Gasteiger partial charge on any atom is -0.376 e. The van der Waals surface area contributed by atoms with Crippen molar-refractivity contribution in [3.8, 4) is 6.07 Å². The van der Waals surface area contributed by atoms with Crippen LogP contribution in [-0.4, -0.2) is 11.8 Å². The van der Waals surface area contributed by atoms with E-state index in [0.29, 0.717) is 6.42 Å². The Morgan fingerprint density at radius 1 is 1.75 bits per heavy atom. The van der Waals surface area contributed by atoms with Gasteiger partial charge in [0.1, 0.15) is 11.8 Å². The van der Waals surface area contributed by atoms with Crippen molar-refractivity contribution in [3.63, 3.8) is 0 Å². The first-order chi connectivity index (χ1) is 5.90. The van der Waals surface area contributed by atoms with Crippen molar-refractivity contribution in [2.24, 2.45) is 5.16 Å². The van der Waals surface area contributed by atoms with E-state index in [-0.39, 0.29) is 6.10 Å². The van der Waals surface area contributed by atoms with Crippen LogP contribution in [0, 0.1) is 11.3 Å². The molecule has 60 valence electrons. The van der Waals surface area contributed by atoms with E-state index in [0.717, 1.165) is 10.6 Å². The van der Waals surface area contributed by atoms with Crippen molar-refractivity contribution < 1.29 is 4.84 Å². The molecule has 0 aromatic carbocycles.